The van der Waals surface area contributed by atoms with Gasteiger partial charge < -0.3 is 24.5 Å². The van der Waals surface area contributed by atoms with Gasteiger partial charge in [-0.05, 0) is 62.1 Å². The van der Waals surface area contributed by atoms with Crippen LogP contribution in [0.15, 0.2) is 73.8 Å². The van der Waals surface area contributed by atoms with Crippen LogP contribution >= 0.6 is 23.4 Å². The molecule has 3 aliphatic rings. The highest BCUT2D eigenvalue weighted by molar-refractivity contribution is 8.02. The Hall–Kier alpha value is -3.27. The number of hydrogen-bond acceptors (Lipinski definition) is 6. The molecule has 3 unspecified atom stereocenters. The highest BCUT2D eigenvalue weighted by atomic mass is 35.5. The van der Waals surface area contributed by atoms with E-state index in [-0.39, 0.29) is 55.1 Å². The van der Waals surface area contributed by atoms with E-state index in [2.05, 4.69) is 20.1 Å². The molecule has 2 aromatic carbocycles. The number of fused-ring (bicyclic) bond motifs is 1. The van der Waals surface area contributed by atoms with Gasteiger partial charge in [-0.1, -0.05) is 42.8 Å². The van der Waals surface area contributed by atoms with Crippen molar-refractivity contribution >= 4 is 52.5 Å². The van der Waals surface area contributed by atoms with E-state index in [1.807, 2.05) is 37.3 Å². The molecule has 234 valence electrons. The summed E-state index contributed by atoms with van der Waals surface area (Å²) < 4.78 is 4.78. The van der Waals surface area contributed by atoms with Crippen molar-refractivity contribution in [2.45, 2.75) is 42.7 Å². The van der Waals surface area contributed by atoms with Gasteiger partial charge in [-0.15, -0.1) is 24.9 Å². The Kier molecular flexibility index (Phi) is 9.77. The molecule has 0 aromatic heterocycles. The monoisotopic (exact) mass is 637 g/mol. The zero-order valence-electron chi connectivity index (χ0n) is 25.2. The number of rotatable bonds is 13. The summed E-state index contributed by atoms with van der Waals surface area (Å²) in [5, 5.41) is 10.0. The third kappa shape index (κ3) is 5.33. The van der Waals surface area contributed by atoms with Gasteiger partial charge in [-0.2, -0.15) is 0 Å². The second-order valence-corrected chi connectivity index (χ2v) is 13.5. The second-order valence-electron chi connectivity index (χ2n) is 11.5. The Labute approximate surface area is 268 Å². The lowest BCUT2D eigenvalue weighted by molar-refractivity contribution is -0.139. The summed E-state index contributed by atoms with van der Waals surface area (Å²) in [6.07, 6.45) is 4.35. The number of carbonyl (C=O) groups excluding carboxylic acids is 3. The number of halogens is 1. The third-order valence-electron chi connectivity index (χ3n) is 9.08. The molecule has 1 spiro atoms. The van der Waals surface area contributed by atoms with E-state index in [9.17, 15) is 19.5 Å². The van der Waals surface area contributed by atoms with E-state index >= 15 is 0 Å². The molecule has 6 atom stereocenters. The molecule has 3 saturated heterocycles. The van der Waals surface area contributed by atoms with Crippen LogP contribution in [0.4, 0.5) is 11.4 Å². The number of aliphatic hydroxyl groups excluding tert-OH is 1. The molecule has 0 radical (unpaired) electrons. The molecule has 5 rings (SSSR count). The van der Waals surface area contributed by atoms with Crippen molar-refractivity contribution in [1.82, 2.24) is 4.90 Å². The summed E-state index contributed by atoms with van der Waals surface area (Å²) >= 11 is 8.19. The van der Waals surface area contributed by atoms with E-state index in [1.54, 1.807) is 56.8 Å². The number of nitrogens with zero attached hydrogens (tertiary/aromatic N) is 3. The topological polar surface area (TPSA) is 90.4 Å². The molecule has 3 amide bonds. The zero-order chi connectivity index (χ0) is 31.6. The fourth-order valence-electron chi connectivity index (χ4n) is 7.34. The number of hydrogen-bond donors (Lipinski definition) is 1. The van der Waals surface area contributed by atoms with Crippen LogP contribution in [-0.4, -0.2) is 76.6 Å². The van der Waals surface area contributed by atoms with Gasteiger partial charge in [0.2, 0.25) is 11.8 Å². The number of thioether (sulfide) groups is 1. The zero-order valence-corrected chi connectivity index (χ0v) is 26.8. The van der Waals surface area contributed by atoms with Gasteiger partial charge in [0.25, 0.3) is 5.91 Å². The summed E-state index contributed by atoms with van der Waals surface area (Å²) in [6.45, 7) is 12.9. The molecule has 1 N–H and O–H groups in total. The van der Waals surface area contributed by atoms with E-state index in [4.69, 9.17) is 16.3 Å². The van der Waals surface area contributed by atoms with Gasteiger partial charge in [0.05, 0.1) is 33.9 Å². The lowest BCUT2D eigenvalue weighted by Crippen LogP contribution is -2.57. The lowest BCUT2D eigenvalue weighted by Gasteiger charge is -2.41. The van der Waals surface area contributed by atoms with E-state index in [0.29, 0.717) is 41.6 Å². The van der Waals surface area contributed by atoms with Gasteiger partial charge in [-0.25, -0.2) is 0 Å². The minimum Gasteiger partial charge on any atom is -0.494 e. The van der Waals surface area contributed by atoms with Crippen molar-refractivity contribution < 1.29 is 24.2 Å². The fourth-order valence-corrected chi connectivity index (χ4v) is 9.98. The average molecular weight is 638 g/mol. The van der Waals surface area contributed by atoms with Gasteiger partial charge in [0.15, 0.2) is 0 Å². The fraction of sp³-hybridized carbons (Fsp3) is 0.441. The van der Waals surface area contributed by atoms with Crippen LogP contribution in [0.2, 0.25) is 5.02 Å². The lowest BCUT2D eigenvalue weighted by atomic mass is 9.65. The molecule has 2 bridgehead atoms. The number of benzene rings is 2. The third-order valence-corrected chi connectivity index (χ3v) is 11.5. The molecule has 0 aliphatic carbocycles. The van der Waals surface area contributed by atoms with Crippen molar-refractivity contribution in [2.75, 3.05) is 42.6 Å². The van der Waals surface area contributed by atoms with Crippen LogP contribution in [0.3, 0.4) is 0 Å². The minimum atomic E-state index is -0.830. The first-order valence-electron chi connectivity index (χ1n) is 15.2. The summed E-state index contributed by atoms with van der Waals surface area (Å²) in [5.74, 6) is -1.21. The highest BCUT2D eigenvalue weighted by Crippen LogP contribution is 2.69. The van der Waals surface area contributed by atoms with Crippen LogP contribution in [0, 0.1) is 17.8 Å². The molecule has 0 saturated carbocycles. The second kappa shape index (κ2) is 13.4. The van der Waals surface area contributed by atoms with Crippen molar-refractivity contribution in [3.63, 3.8) is 0 Å². The van der Waals surface area contributed by atoms with E-state index in [1.165, 1.54) is 0 Å². The largest absolute Gasteiger partial charge is 0.494 e. The minimum absolute atomic E-state index is 0.00117. The molecule has 44 heavy (non-hydrogen) atoms. The molecule has 3 fully saturated rings. The summed E-state index contributed by atoms with van der Waals surface area (Å²) in [4.78, 5) is 48.6. The summed E-state index contributed by atoms with van der Waals surface area (Å²) in [7, 11) is 0. The predicted octanol–water partition coefficient (Wildman–Crippen LogP) is 5.20. The van der Waals surface area contributed by atoms with Crippen LogP contribution in [0.25, 0.3) is 0 Å². The van der Waals surface area contributed by atoms with Gasteiger partial charge in [0.1, 0.15) is 11.8 Å². The van der Waals surface area contributed by atoms with Crippen molar-refractivity contribution in [1.29, 1.82) is 0 Å². The molecule has 8 nitrogen and oxygen atoms in total. The van der Waals surface area contributed by atoms with Crippen LogP contribution in [-0.2, 0) is 14.4 Å². The van der Waals surface area contributed by atoms with E-state index < -0.39 is 22.6 Å². The first-order chi connectivity index (χ1) is 21.2. The molecule has 10 heteroatoms. The maximum Gasteiger partial charge on any atom is 0.251 e. The number of anilines is 2. The standard InChI is InChI=1S/C34H40ClN3O5S/c1-5-17-36(23-13-15-24(16-14-23)43-7-3)31(40)28-27-21-22(4)34(44-27)29(28)32(41)38(19-10-20-39)30(34)33(42)37(18-6-2)26-12-9-8-11-25(26)35/h5-6,8-9,11-16,22,27-30,39H,1-2,7,10,17-21H2,3-4H3/t22?,27-,28+,29+,30?,34?/m1/s1. The van der Waals surface area contributed by atoms with Gasteiger partial charge in [-0.3, -0.25) is 14.4 Å². The van der Waals surface area contributed by atoms with Gasteiger partial charge in [0, 0.05) is 37.2 Å². The number of para-hydroxylation sites is 1. The predicted molar refractivity (Wildman–Crippen MR) is 176 cm³/mol. The van der Waals surface area contributed by atoms with Crippen molar-refractivity contribution in [3.05, 3.63) is 78.9 Å². The SMILES string of the molecule is C=CCN(C(=O)[C@@H]1[C@H]2C(=O)N(CCCO)C(C(=O)N(CC=C)c3ccccc3Cl)C23S[C@@H]1CC3C)c1ccc(OCC)cc1. The first-order valence-corrected chi connectivity index (χ1v) is 16.4. The van der Waals surface area contributed by atoms with Crippen LogP contribution in [0.1, 0.15) is 26.7 Å². The summed E-state index contributed by atoms with van der Waals surface area (Å²) in [6, 6.07) is 13.7. The molecule has 2 aromatic rings. The number of aliphatic hydroxyl groups is 1. The number of ether oxygens (including phenoxy) is 1. The summed E-state index contributed by atoms with van der Waals surface area (Å²) in [5.41, 5.74) is 1.23. The number of amides is 3. The molecule has 3 aliphatic heterocycles. The average Bonchev–Trinajstić information content (AvgIpc) is 3.61. The maximum absolute atomic E-state index is 14.7. The van der Waals surface area contributed by atoms with Crippen LogP contribution < -0.4 is 14.5 Å². The molecular weight excluding hydrogens is 598 g/mol. The highest BCUT2D eigenvalue weighted by Gasteiger charge is 2.76. The Morgan fingerprint density at radius 1 is 1.11 bits per heavy atom. The Balaban J connectivity index is 1.56. The Bertz CT molecular complexity index is 1420. The Morgan fingerprint density at radius 3 is 2.43 bits per heavy atom. The normalized spacial score (nSPS) is 26.8. The molecule has 3 heterocycles. The smallest absolute Gasteiger partial charge is 0.251 e. The number of likely N-dealkylation sites (tertiary alicyclic amines) is 1. The first kappa shape index (κ1) is 32.1. The quantitative estimate of drug-likeness (QED) is 0.304. The van der Waals surface area contributed by atoms with Crippen molar-refractivity contribution in [3.8, 4) is 5.75 Å². The number of carbonyl (C=O) groups is 3. The van der Waals surface area contributed by atoms with Crippen LogP contribution in [0.5, 0.6) is 5.75 Å². The van der Waals surface area contributed by atoms with E-state index in [0.717, 1.165) is 0 Å². The molecular formula is C34H40ClN3O5S. The van der Waals surface area contributed by atoms with Crippen molar-refractivity contribution in [2.24, 2.45) is 17.8 Å². The maximum atomic E-state index is 14.7. The Morgan fingerprint density at radius 2 is 1.80 bits per heavy atom. The van der Waals surface area contributed by atoms with Gasteiger partial charge >= 0.3 is 0 Å².